The summed E-state index contributed by atoms with van der Waals surface area (Å²) in [5.41, 5.74) is 5.79. The molecule has 3 nitrogen and oxygen atoms in total. The minimum Gasteiger partial charge on any atom is -0.385 e. The summed E-state index contributed by atoms with van der Waals surface area (Å²) >= 11 is 0. The van der Waals surface area contributed by atoms with Crippen molar-refractivity contribution in [1.29, 1.82) is 0 Å². The number of nitrogens with one attached hydrogen (secondary N) is 2. The third kappa shape index (κ3) is 3.85. The first-order valence-corrected chi connectivity index (χ1v) is 7.23. The minimum atomic E-state index is -0.0871. The van der Waals surface area contributed by atoms with Crippen molar-refractivity contribution in [2.75, 3.05) is 17.2 Å². The summed E-state index contributed by atoms with van der Waals surface area (Å²) in [6.45, 7) is 8.88. The zero-order valence-corrected chi connectivity index (χ0v) is 13.1. The monoisotopic (exact) mass is 282 g/mol. The second kappa shape index (κ2) is 6.44. The number of carbonyl (C=O) groups excluding carboxylic acids is 1. The Kier molecular flexibility index (Phi) is 4.63. The number of hydrogen-bond donors (Lipinski definition) is 2. The van der Waals surface area contributed by atoms with E-state index >= 15 is 0 Å². The second-order valence-corrected chi connectivity index (χ2v) is 5.41. The van der Waals surface area contributed by atoms with E-state index in [4.69, 9.17) is 0 Å². The maximum Gasteiger partial charge on any atom is 0.257 e. The van der Waals surface area contributed by atoms with Crippen LogP contribution in [0.2, 0.25) is 0 Å². The SMILES string of the molecule is CCNc1cc(C)ccc1C(=O)Nc1cc(C)cc(C)c1. The van der Waals surface area contributed by atoms with Crippen LogP contribution in [0.5, 0.6) is 0 Å². The second-order valence-electron chi connectivity index (χ2n) is 5.41. The highest BCUT2D eigenvalue weighted by atomic mass is 16.1. The average Bonchev–Trinajstić information content (AvgIpc) is 2.37. The first-order chi connectivity index (χ1) is 9.99. The lowest BCUT2D eigenvalue weighted by Crippen LogP contribution is -2.15. The molecule has 0 saturated heterocycles. The lowest BCUT2D eigenvalue weighted by molar-refractivity contribution is 0.102. The molecule has 2 aromatic carbocycles. The van der Waals surface area contributed by atoms with Gasteiger partial charge in [-0.2, -0.15) is 0 Å². The van der Waals surface area contributed by atoms with Crippen LogP contribution in [0.3, 0.4) is 0 Å². The molecule has 0 fully saturated rings. The number of aryl methyl sites for hydroxylation is 3. The van der Waals surface area contributed by atoms with Crippen molar-refractivity contribution in [3.05, 3.63) is 58.7 Å². The Labute approximate surface area is 126 Å². The number of hydrogen-bond acceptors (Lipinski definition) is 2. The normalized spacial score (nSPS) is 10.3. The van der Waals surface area contributed by atoms with Crippen LogP contribution in [-0.4, -0.2) is 12.5 Å². The molecular formula is C18H22N2O. The topological polar surface area (TPSA) is 41.1 Å². The van der Waals surface area contributed by atoms with E-state index in [1.807, 2.05) is 58.0 Å². The van der Waals surface area contributed by atoms with Gasteiger partial charge >= 0.3 is 0 Å². The minimum absolute atomic E-state index is 0.0871. The molecule has 2 aromatic rings. The van der Waals surface area contributed by atoms with Gasteiger partial charge in [0, 0.05) is 17.9 Å². The first-order valence-electron chi connectivity index (χ1n) is 7.23. The Hall–Kier alpha value is -2.29. The molecule has 1 amide bonds. The van der Waals surface area contributed by atoms with Crippen LogP contribution in [0.25, 0.3) is 0 Å². The van der Waals surface area contributed by atoms with Crippen molar-refractivity contribution in [3.8, 4) is 0 Å². The van der Waals surface area contributed by atoms with Crippen LogP contribution in [0.1, 0.15) is 34.0 Å². The van der Waals surface area contributed by atoms with Crippen molar-refractivity contribution < 1.29 is 4.79 Å². The molecule has 21 heavy (non-hydrogen) atoms. The van der Waals surface area contributed by atoms with Gasteiger partial charge in [-0.3, -0.25) is 4.79 Å². The molecule has 0 aliphatic rings. The van der Waals surface area contributed by atoms with Crippen LogP contribution in [0.4, 0.5) is 11.4 Å². The van der Waals surface area contributed by atoms with E-state index < -0.39 is 0 Å². The van der Waals surface area contributed by atoms with E-state index in [1.165, 1.54) is 0 Å². The van der Waals surface area contributed by atoms with Gasteiger partial charge in [-0.15, -0.1) is 0 Å². The predicted octanol–water partition coefficient (Wildman–Crippen LogP) is 4.30. The molecule has 2 rings (SSSR count). The largest absolute Gasteiger partial charge is 0.385 e. The third-order valence-electron chi connectivity index (χ3n) is 3.27. The lowest BCUT2D eigenvalue weighted by atomic mass is 10.1. The highest BCUT2D eigenvalue weighted by Gasteiger charge is 2.11. The van der Waals surface area contributed by atoms with Crippen LogP contribution in [0.15, 0.2) is 36.4 Å². The van der Waals surface area contributed by atoms with Crippen LogP contribution in [0, 0.1) is 20.8 Å². The highest BCUT2D eigenvalue weighted by Crippen LogP contribution is 2.20. The summed E-state index contributed by atoms with van der Waals surface area (Å²) in [6.07, 6.45) is 0. The summed E-state index contributed by atoms with van der Waals surface area (Å²) in [6, 6.07) is 11.9. The molecule has 0 atom stereocenters. The van der Waals surface area contributed by atoms with Gasteiger partial charge in [0.1, 0.15) is 0 Å². The summed E-state index contributed by atoms with van der Waals surface area (Å²) in [4.78, 5) is 12.5. The van der Waals surface area contributed by atoms with Gasteiger partial charge in [0.25, 0.3) is 5.91 Å². The molecule has 0 radical (unpaired) electrons. The van der Waals surface area contributed by atoms with Gasteiger partial charge in [0.05, 0.1) is 5.56 Å². The molecule has 0 unspecified atom stereocenters. The van der Waals surface area contributed by atoms with E-state index in [0.29, 0.717) is 5.56 Å². The van der Waals surface area contributed by atoms with E-state index in [0.717, 1.165) is 34.6 Å². The molecule has 2 N–H and O–H groups in total. The first kappa shape index (κ1) is 15.1. The van der Waals surface area contributed by atoms with Gasteiger partial charge in [-0.1, -0.05) is 12.1 Å². The molecule has 0 bridgehead atoms. The highest BCUT2D eigenvalue weighted by molar-refractivity contribution is 6.08. The maximum absolute atomic E-state index is 12.5. The summed E-state index contributed by atoms with van der Waals surface area (Å²) in [5, 5.41) is 6.22. The lowest BCUT2D eigenvalue weighted by Gasteiger charge is -2.13. The number of amides is 1. The Balaban J connectivity index is 2.27. The molecule has 0 spiro atoms. The van der Waals surface area contributed by atoms with Crippen molar-refractivity contribution in [2.45, 2.75) is 27.7 Å². The Morgan fingerprint density at radius 1 is 0.952 bits per heavy atom. The third-order valence-corrected chi connectivity index (χ3v) is 3.27. The Morgan fingerprint density at radius 3 is 2.24 bits per heavy atom. The molecule has 0 heterocycles. The molecule has 3 heteroatoms. The number of benzene rings is 2. The van der Waals surface area contributed by atoms with E-state index in [-0.39, 0.29) is 5.91 Å². The standard InChI is InChI=1S/C18H22N2O/c1-5-19-17-11-12(2)6-7-16(17)18(21)20-15-9-13(3)8-14(4)10-15/h6-11,19H,5H2,1-4H3,(H,20,21). The smallest absolute Gasteiger partial charge is 0.257 e. The molecular weight excluding hydrogens is 260 g/mol. The summed E-state index contributed by atoms with van der Waals surface area (Å²) in [7, 11) is 0. The van der Waals surface area contributed by atoms with Crippen LogP contribution < -0.4 is 10.6 Å². The van der Waals surface area contributed by atoms with Gasteiger partial charge in [0.2, 0.25) is 0 Å². The van der Waals surface area contributed by atoms with Crippen LogP contribution >= 0.6 is 0 Å². The fraction of sp³-hybridized carbons (Fsp3) is 0.278. The van der Waals surface area contributed by atoms with Gasteiger partial charge < -0.3 is 10.6 Å². The average molecular weight is 282 g/mol. The van der Waals surface area contributed by atoms with Crippen molar-refractivity contribution in [2.24, 2.45) is 0 Å². The van der Waals surface area contributed by atoms with Gasteiger partial charge in [0.15, 0.2) is 0 Å². The Morgan fingerprint density at radius 2 is 1.62 bits per heavy atom. The van der Waals surface area contributed by atoms with E-state index in [2.05, 4.69) is 16.7 Å². The van der Waals surface area contributed by atoms with Crippen molar-refractivity contribution >= 4 is 17.3 Å². The number of rotatable bonds is 4. The Bertz CT molecular complexity index is 642. The van der Waals surface area contributed by atoms with Crippen molar-refractivity contribution in [1.82, 2.24) is 0 Å². The molecule has 0 aromatic heterocycles. The molecule has 0 aliphatic heterocycles. The zero-order chi connectivity index (χ0) is 15.4. The number of anilines is 2. The molecule has 110 valence electrons. The van der Waals surface area contributed by atoms with E-state index in [9.17, 15) is 4.79 Å². The predicted molar refractivity (Wildman–Crippen MR) is 89.2 cm³/mol. The van der Waals surface area contributed by atoms with Crippen molar-refractivity contribution in [3.63, 3.8) is 0 Å². The number of carbonyl (C=O) groups is 1. The summed E-state index contributed by atoms with van der Waals surface area (Å²) < 4.78 is 0. The fourth-order valence-electron chi connectivity index (χ4n) is 2.44. The molecule has 0 saturated carbocycles. The quantitative estimate of drug-likeness (QED) is 0.878. The fourth-order valence-corrected chi connectivity index (χ4v) is 2.44. The molecule has 0 aliphatic carbocycles. The van der Waals surface area contributed by atoms with Crippen LogP contribution in [-0.2, 0) is 0 Å². The van der Waals surface area contributed by atoms with Gasteiger partial charge in [-0.05, 0) is 68.7 Å². The maximum atomic E-state index is 12.5. The van der Waals surface area contributed by atoms with Gasteiger partial charge in [-0.25, -0.2) is 0 Å². The summed E-state index contributed by atoms with van der Waals surface area (Å²) in [5.74, 6) is -0.0871. The zero-order valence-electron chi connectivity index (χ0n) is 13.1. The van der Waals surface area contributed by atoms with E-state index in [1.54, 1.807) is 0 Å².